The first kappa shape index (κ1) is 28.2. The molecule has 1 aliphatic carbocycles. The Labute approximate surface area is 233 Å². The number of carbonyl (C=O) groups is 1. The van der Waals surface area contributed by atoms with Crippen molar-refractivity contribution in [2.24, 2.45) is 0 Å². The van der Waals surface area contributed by atoms with Gasteiger partial charge in [0.1, 0.15) is 5.75 Å². The molecule has 3 unspecified atom stereocenters. The second-order valence-corrected chi connectivity index (χ2v) is 11.7. The van der Waals surface area contributed by atoms with Crippen LogP contribution < -0.4 is 14.8 Å². The third-order valence-corrected chi connectivity index (χ3v) is 8.71. The molecular formula is C28H30Cl2N2O5S. The van der Waals surface area contributed by atoms with Crippen LogP contribution in [0.1, 0.15) is 42.9 Å². The van der Waals surface area contributed by atoms with E-state index in [0.717, 1.165) is 29.5 Å². The molecule has 3 aromatic carbocycles. The highest BCUT2D eigenvalue weighted by atomic mass is 35.5. The lowest BCUT2D eigenvalue weighted by molar-refractivity contribution is 0.144. The molecule has 10 heteroatoms. The molecule has 0 saturated heterocycles. The highest BCUT2D eigenvalue weighted by Gasteiger charge is 2.32. The van der Waals surface area contributed by atoms with Crippen LogP contribution in [0.3, 0.4) is 0 Å². The molecule has 0 fully saturated rings. The first-order chi connectivity index (χ1) is 18.2. The van der Waals surface area contributed by atoms with Gasteiger partial charge < -0.3 is 14.8 Å². The van der Waals surface area contributed by atoms with Gasteiger partial charge in [0.25, 0.3) is 0 Å². The van der Waals surface area contributed by atoms with Gasteiger partial charge in [-0.25, -0.2) is 13.2 Å². The van der Waals surface area contributed by atoms with E-state index in [2.05, 4.69) is 10.0 Å². The molecule has 0 spiro atoms. The van der Waals surface area contributed by atoms with E-state index >= 15 is 0 Å². The molecule has 3 atom stereocenters. The Kier molecular flexibility index (Phi) is 9.20. The number of alkyl carbamates (subject to hydrolysis) is 1. The number of ether oxygens (including phenoxy) is 2. The maximum Gasteiger partial charge on any atom is 0.407 e. The van der Waals surface area contributed by atoms with Gasteiger partial charge in [0, 0.05) is 12.0 Å². The molecule has 0 saturated carbocycles. The minimum absolute atomic E-state index is 0.0970. The number of amides is 1. The third kappa shape index (κ3) is 6.99. The fourth-order valence-corrected chi connectivity index (χ4v) is 6.19. The lowest BCUT2D eigenvalue weighted by Crippen LogP contribution is -2.43. The quantitative estimate of drug-likeness (QED) is 0.301. The summed E-state index contributed by atoms with van der Waals surface area (Å²) in [7, 11) is -3.74. The van der Waals surface area contributed by atoms with E-state index in [1.807, 2.05) is 30.3 Å². The van der Waals surface area contributed by atoms with E-state index in [9.17, 15) is 13.2 Å². The van der Waals surface area contributed by atoms with Gasteiger partial charge in [0.2, 0.25) is 10.0 Å². The van der Waals surface area contributed by atoms with Crippen molar-refractivity contribution < 1.29 is 22.7 Å². The van der Waals surface area contributed by atoms with Crippen molar-refractivity contribution in [2.45, 2.75) is 56.2 Å². The predicted octanol–water partition coefficient (Wildman–Crippen LogP) is 6.08. The first-order valence-electron chi connectivity index (χ1n) is 12.4. The molecule has 0 bridgehead atoms. The fourth-order valence-electron chi connectivity index (χ4n) is 4.73. The monoisotopic (exact) mass is 576 g/mol. The van der Waals surface area contributed by atoms with Crippen LogP contribution in [0.2, 0.25) is 10.0 Å². The van der Waals surface area contributed by atoms with Crippen LogP contribution in [0.25, 0.3) is 0 Å². The number of hydrogen-bond acceptors (Lipinski definition) is 5. The molecule has 1 amide bonds. The Morgan fingerprint density at radius 1 is 1.05 bits per heavy atom. The molecule has 2 N–H and O–H groups in total. The number of aryl methyl sites for hydroxylation is 1. The van der Waals surface area contributed by atoms with Gasteiger partial charge in [-0.1, -0.05) is 53.5 Å². The molecule has 7 nitrogen and oxygen atoms in total. The number of nitrogens with one attached hydrogen (secondary N) is 2. The molecule has 38 heavy (non-hydrogen) atoms. The van der Waals surface area contributed by atoms with Crippen LogP contribution in [0.5, 0.6) is 5.75 Å². The van der Waals surface area contributed by atoms with Crippen molar-refractivity contribution in [3.8, 4) is 5.75 Å². The normalized spacial score (nSPS) is 17.8. The van der Waals surface area contributed by atoms with Crippen molar-refractivity contribution >= 4 is 39.3 Å². The van der Waals surface area contributed by atoms with Gasteiger partial charge in [-0.3, -0.25) is 0 Å². The number of hydrogen-bond donors (Lipinski definition) is 2. The summed E-state index contributed by atoms with van der Waals surface area (Å²) in [5.74, 6) is 0.420. The Balaban J connectivity index is 1.59. The molecule has 0 aromatic heterocycles. The second kappa shape index (κ2) is 12.4. The lowest BCUT2D eigenvalue weighted by Gasteiger charge is -2.34. The molecule has 4 rings (SSSR count). The van der Waals surface area contributed by atoms with Crippen LogP contribution in [0, 0.1) is 0 Å². The standard InChI is InChI=1S/C28H30Cl2N2O5S/c1-3-36-28(33)31-27-14-11-20-10-12-21(37-18(2)32-38(34,35)22-7-5-4-6-8-22)17-23(20)24(27)15-19-9-13-25(29)26(30)16-19/h4-10,12-13,16-18,24,27,32H,3,11,14-15H2,1-2H3,(H,31,33). The van der Waals surface area contributed by atoms with Crippen molar-refractivity contribution in [3.05, 3.63) is 93.5 Å². The zero-order valence-corrected chi connectivity index (χ0v) is 23.4. The van der Waals surface area contributed by atoms with Crippen LogP contribution in [-0.2, 0) is 27.6 Å². The average molecular weight is 578 g/mol. The van der Waals surface area contributed by atoms with Crippen LogP contribution in [0.15, 0.2) is 71.6 Å². The molecule has 0 aliphatic heterocycles. The van der Waals surface area contributed by atoms with Crippen LogP contribution in [0.4, 0.5) is 4.79 Å². The molecule has 0 heterocycles. The van der Waals surface area contributed by atoms with E-state index < -0.39 is 22.3 Å². The predicted molar refractivity (Wildman–Crippen MR) is 148 cm³/mol. The molecule has 1 aliphatic rings. The summed E-state index contributed by atoms with van der Waals surface area (Å²) in [5.41, 5.74) is 3.13. The first-order valence-corrected chi connectivity index (χ1v) is 14.6. The summed E-state index contributed by atoms with van der Waals surface area (Å²) in [6.07, 6.45) is 0.826. The summed E-state index contributed by atoms with van der Waals surface area (Å²) < 4.78 is 39.1. The van der Waals surface area contributed by atoms with Gasteiger partial charge in [-0.15, -0.1) is 0 Å². The zero-order valence-electron chi connectivity index (χ0n) is 21.1. The van der Waals surface area contributed by atoms with Crippen molar-refractivity contribution in [3.63, 3.8) is 0 Å². The Morgan fingerprint density at radius 3 is 2.53 bits per heavy atom. The van der Waals surface area contributed by atoms with Crippen molar-refractivity contribution in [2.75, 3.05) is 6.61 Å². The van der Waals surface area contributed by atoms with E-state index in [4.69, 9.17) is 32.7 Å². The number of rotatable bonds is 9. The summed E-state index contributed by atoms with van der Waals surface area (Å²) in [6, 6.07) is 19.2. The summed E-state index contributed by atoms with van der Waals surface area (Å²) >= 11 is 12.4. The SMILES string of the molecule is CCOC(=O)NC1CCc2ccc(OC(C)NS(=O)(=O)c3ccccc3)cc2C1Cc1ccc(Cl)c(Cl)c1. The highest BCUT2D eigenvalue weighted by molar-refractivity contribution is 7.89. The third-order valence-electron chi connectivity index (χ3n) is 6.43. The number of halogens is 2. The minimum atomic E-state index is -3.74. The molecule has 202 valence electrons. The van der Waals surface area contributed by atoms with E-state index in [1.165, 1.54) is 12.1 Å². The van der Waals surface area contributed by atoms with Gasteiger partial charge in [0.15, 0.2) is 6.23 Å². The minimum Gasteiger partial charge on any atom is -0.475 e. The second-order valence-electron chi connectivity index (χ2n) is 9.12. The van der Waals surface area contributed by atoms with Gasteiger partial charge in [-0.05, 0) is 86.2 Å². The number of benzene rings is 3. The Morgan fingerprint density at radius 2 is 1.82 bits per heavy atom. The van der Waals surface area contributed by atoms with Gasteiger partial charge >= 0.3 is 6.09 Å². The summed E-state index contributed by atoms with van der Waals surface area (Å²) in [5, 5.41) is 3.95. The van der Waals surface area contributed by atoms with Crippen LogP contribution in [-0.4, -0.2) is 33.4 Å². The maximum atomic E-state index is 12.7. The average Bonchev–Trinajstić information content (AvgIpc) is 2.88. The number of sulfonamides is 1. The number of fused-ring (bicyclic) bond motifs is 1. The van der Waals surface area contributed by atoms with E-state index in [0.29, 0.717) is 22.2 Å². The van der Waals surface area contributed by atoms with Crippen LogP contribution >= 0.6 is 23.2 Å². The zero-order chi connectivity index (χ0) is 27.3. The fraction of sp³-hybridized carbons (Fsp3) is 0.321. The smallest absolute Gasteiger partial charge is 0.407 e. The number of carbonyl (C=O) groups excluding carboxylic acids is 1. The Hall–Kier alpha value is -2.78. The molecule has 3 aromatic rings. The van der Waals surface area contributed by atoms with E-state index in [-0.39, 0.29) is 23.5 Å². The largest absolute Gasteiger partial charge is 0.475 e. The summed E-state index contributed by atoms with van der Waals surface area (Å²) in [6.45, 7) is 3.68. The Bertz CT molecular complexity index is 1390. The van der Waals surface area contributed by atoms with Gasteiger partial charge in [0.05, 0.1) is 21.5 Å². The molecule has 0 radical (unpaired) electrons. The van der Waals surface area contributed by atoms with Crippen molar-refractivity contribution in [1.82, 2.24) is 10.0 Å². The van der Waals surface area contributed by atoms with E-state index in [1.54, 1.807) is 38.1 Å². The summed E-state index contributed by atoms with van der Waals surface area (Å²) in [4.78, 5) is 12.5. The highest BCUT2D eigenvalue weighted by Crippen LogP contribution is 2.38. The van der Waals surface area contributed by atoms with Gasteiger partial charge in [-0.2, -0.15) is 4.72 Å². The van der Waals surface area contributed by atoms with Crippen molar-refractivity contribution in [1.29, 1.82) is 0 Å². The maximum absolute atomic E-state index is 12.7. The topological polar surface area (TPSA) is 93.7 Å². The molecular weight excluding hydrogens is 547 g/mol. The lowest BCUT2D eigenvalue weighted by atomic mass is 9.76.